The van der Waals surface area contributed by atoms with E-state index in [0.29, 0.717) is 6.10 Å². The highest BCUT2D eigenvalue weighted by atomic mass is 28.2. The normalized spacial score (nSPS) is 18.7. The van der Waals surface area contributed by atoms with Gasteiger partial charge in [-0.1, -0.05) is 41.1 Å². The summed E-state index contributed by atoms with van der Waals surface area (Å²) in [5, 5.41) is 1.49. The number of rotatable bonds is 7. The van der Waals surface area contributed by atoms with Crippen LogP contribution >= 0.6 is 0 Å². The van der Waals surface area contributed by atoms with Gasteiger partial charge in [-0.15, -0.1) is 0 Å². The zero-order valence-electron chi connectivity index (χ0n) is 9.74. The molecule has 1 aliphatic heterocycles. The van der Waals surface area contributed by atoms with Gasteiger partial charge in [0.1, 0.15) is 6.10 Å². The van der Waals surface area contributed by atoms with Crippen LogP contribution in [0.1, 0.15) is 12.0 Å². The minimum Gasteiger partial charge on any atom is -0.379 e. The maximum atomic E-state index is 5.51. The fourth-order valence-electron chi connectivity index (χ4n) is 1.55. The van der Waals surface area contributed by atoms with Crippen molar-refractivity contribution in [2.24, 2.45) is 0 Å². The molecule has 0 N–H and O–H groups in total. The van der Waals surface area contributed by atoms with Gasteiger partial charge in [0.2, 0.25) is 0 Å². The summed E-state index contributed by atoms with van der Waals surface area (Å²) in [5.41, 5.74) is 1.41. The van der Waals surface area contributed by atoms with Crippen LogP contribution in [0, 0.1) is 6.92 Å². The Kier molecular flexibility index (Phi) is 4.57. The van der Waals surface area contributed by atoms with E-state index in [-0.39, 0.29) is 0 Å². The smallest absolute Gasteiger partial charge is 0.104 e. The predicted octanol–water partition coefficient (Wildman–Crippen LogP) is 1.55. The van der Waals surface area contributed by atoms with Crippen molar-refractivity contribution in [1.82, 2.24) is 0 Å². The molecule has 1 heterocycles. The lowest BCUT2D eigenvalue weighted by Gasteiger charge is -2.04. The van der Waals surface area contributed by atoms with E-state index in [2.05, 4.69) is 31.2 Å². The fraction of sp³-hybridized carbons (Fsp3) is 0.538. The third-order valence-electron chi connectivity index (χ3n) is 2.63. The third-order valence-corrected chi connectivity index (χ3v) is 4.18. The first-order valence-corrected chi connectivity index (χ1v) is 7.06. The van der Waals surface area contributed by atoms with E-state index in [1.165, 1.54) is 16.8 Å². The summed E-state index contributed by atoms with van der Waals surface area (Å²) in [6, 6.07) is 9.87. The minimum absolute atomic E-state index is 0.402. The maximum Gasteiger partial charge on any atom is 0.104 e. The van der Waals surface area contributed by atoms with Gasteiger partial charge in [0.25, 0.3) is 0 Å². The Balaban J connectivity index is 1.55. The summed E-state index contributed by atoms with van der Waals surface area (Å²) in [7, 11) is 0.913. The van der Waals surface area contributed by atoms with Gasteiger partial charge in [-0.25, -0.2) is 0 Å². The molecule has 0 spiro atoms. The molecule has 0 bridgehead atoms. The van der Waals surface area contributed by atoms with Gasteiger partial charge in [-0.3, -0.25) is 0 Å². The molecular weight excluding hydrogens is 216 g/mol. The molecule has 1 aromatic carbocycles. The molecule has 0 saturated carbocycles. The molecule has 3 heteroatoms. The first-order valence-electron chi connectivity index (χ1n) is 5.85. The van der Waals surface area contributed by atoms with Crippen molar-refractivity contribution < 1.29 is 9.47 Å². The van der Waals surface area contributed by atoms with E-state index in [9.17, 15) is 0 Å². The lowest BCUT2D eigenvalue weighted by atomic mass is 10.2. The van der Waals surface area contributed by atoms with Gasteiger partial charge < -0.3 is 9.47 Å². The van der Waals surface area contributed by atoms with Gasteiger partial charge in [-0.2, -0.15) is 0 Å². The van der Waals surface area contributed by atoms with Crippen LogP contribution in [-0.2, 0) is 9.47 Å². The van der Waals surface area contributed by atoms with Gasteiger partial charge >= 0.3 is 0 Å². The van der Waals surface area contributed by atoms with Crippen molar-refractivity contribution in [2.75, 3.05) is 19.8 Å². The predicted molar refractivity (Wildman–Crippen MR) is 66.6 cm³/mol. The highest BCUT2D eigenvalue weighted by Crippen LogP contribution is 2.08. The SMILES string of the molecule is Cc1ccccc1[Si]CCCOCC1CO1. The molecular formula is C13H18O2Si. The third kappa shape index (κ3) is 4.08. The average Bonchev–Trinajstić information content (AvgIpc) is 3.09. The number of hydrogen-bond acceptors (Lipinski definition) is 2. The van der Waals surface area contributed by atoms with Crippen LogP contribution < -0.4 is 5.19 Å². The van der Waals surface area contributed by atoms with Crippen molar-refractivity contribution in [3.8, 4) is 0 Å². The first-order chi connectivity index (χ1) is 7.86. The van der Waals surface area contributed by atoms with E-state index in [4.69, 9.17) is 9.47 Å². The average molecular weight is 234 g/mol. The molecule has 1 aliphatic rings. The minimum atomic E-state index is 0.402. The van der Waals surface area contributed by atoms with Crippen LogP contribution in [0.4, 0.5) is 0 Å². The number of hydrogen-bond donors (Lipinski definition) is 0. The molecule has 2 radical (unpaired) electrons. The molecule has 2 rings (SSSR count). The van der Waals surface area contributed by atoms with E-state index >= 15 is 0 Å². The lowest BCUT2D eigenvalue weighted by molar-refractivity contribution is 0.117. The summed E-state index contributed by atoms with van der Waals surface area (Å²) < 4.78 is 10.6. The zero-order valence-corrected chi connectivity index (χ0v) is 10.7. The Labute approximate surface area is 99.8 Å². The summed E-state index contributed by atoms with van der Waals surface area (Å²) in [4.78, 5) is 0. The molecule has 1 fully saturated rings. The van der Waals surface area contributed by atoms with Gasteiger partial charge in [0, 0.05) is 6.61 Å². The molecule has 16 heavy (non-hydrogen) atoms. The Hall–Kier alpha value is -0.643. The van der Waals surface area contributed by atoms with Crippen molar-refractivity contribution in [3.63, 3.8) is 0 Å². The van der Waals surface area contributed by atoms with Crippen LogP contribution in [0.15, 0.2) is 24.3 Å². The Morgan fingerprint density at radius 2 is 2.25 bits per heavy atom. The van der Waals surface area contributed by atoms with Crippen molar-refractivity contribution in [3.05, 3.63) is 29.8 Å². The summed E-state index contributed by atoms with van der Waals surface area (Å²) in [5.74, 6) is 0. The highest BCUT2D eigenvalue weighted by Gasteiger charge is 2.21. The van der Waals surface area contributed by atoms with Crippen LogP contribution in [0.3, 0.4) is 0 Å². The number of ether oxygens (including phenoxy) is 2. The van der Waals surface area contributed by atoms with Crippen molar-refractivity contribution >= 4 is 14.7 Å². The summed E-state index contributed by atoms with van der Waals surface area (Å²) in [6.07, 6.45) is 1.55. The standard InChI is InChI=1S/C13H18O2Si/c1-11-5-2-3-6-13(11)16-8-4-7-14-9-12-10-15-12/h2-3,5-6,12H,4,7-10H2,1H3. The second-order valence-corrected chi connectivity index (χ2v) is 5.52. The van der Waals surface area contributed by atoms with Crippen LogP contribution in [0.2, 0.25) is 6.04 Å². The monoisotopic (exact) mass is 234 g/mol. The molecule has 2 nitrogen and oxygen atoms in total. The van der Waals surface area contributed by atoms with Gasteiger partial charge in [-0.05, 0) is 13.3 Å². The fourth-order valence-corrected chi connectivity index (χ4v) is 2.71. The highest BCUT2D eigenvalue weighted by molar-refractivity contribution is 6.53. The zero-order chi connectivity index (χ0) is 11.2. The van der Waals surface area contributed by atoms with Crippen molar-refractivity contribution in [2.45, 2.75) is 25.5 Å². The second-order valence-electron chi connectivity index (χ2n) is 4.13. The molecule has 1 saturated heterocycles. The number of aryl methyl sites for hydroxylation is 1. The Morgan fingerprint density at radius 3 is 3.00 bits per heavy atom. The lowest BCUT2D eigenvalue weighted by Crippen LogP contribution is -2.17. The van der Waals surface area contributed by atoms with E-state index < -0.39 is 0 Å². The quantitative estimate of drug-likeness (QED) is 0.405. The molecule has 0 amide bonds. The largest absolute Gasteiger partial charge is 0.379 e. The van der Waals surface area contributed by atoms with Crippen LogP contribution in [0.25, 0.3) is 0 Å². The van der Waals surface area contributed by atoms with E-state index in [1.54, 1.807) is 0 Å². The molecule has 1 unspecified atom stereocenters. The Morgan fingerprint density at radius 1 is 1.44 bits per heavy atom. The summed E-state index contributed by atoms with van der Waals surface area (Å²) >= 11 is 0. The molecule has 1 aromatic rings. The molecule has 1 atom stereocenters. The number of benzene rings is 1. The van der Waals surface area contributed by atoms with Crippen LogP contribution in [0.5, 0.6) is 0 Å². The van der Waals surface area contributed by atoms with E-state index in [1.807, 2.05) is 0 Å². The first kappa shape index (κ1) is 11.8. The summed E-state index contributed by atoms with van der Waals surface area (Å²) in [6.45, 7) is 4.74. The Bertz CT molecular complexity index is 323. The molecule has 0 aliphatic carbocycles. The van der Waals surface area contributed by atoms with E-state index in [0.717, 1.165) is 35.8 Å². The second kappa shape index (κ2) is 6.18. The topological polar surface area (TPSA) is 21.8 Å². The van der Waals surface area contributed by atoms with Crippen LogP contribution in [-0.4, -0.2) is 35.4 Å². The number of epoxide rings is 1. The molecule has 0 aromatic heterocycles. The maximum absolute atomic E-state index is 5.51. The molecule has 86 valence electrons. The van der Waals surface area contributed by atoms with Crippen molar-refractivity contribution in [1.29, 1.82) is 0 Å². The van der Waals surface area contributed by atoms with Gasteiger partial charge in [0.05, 0.1) is 22.7 Å². The van der Waals surface area contributed by atoms with Gasteiger partial charge in [0.15, 0.2) is 0 Å².